The molecule has 0 aromatic heterocycles. The minimum Gasteiger partial charge on any atom is -0.490 e. The summed E-state index contributed by atoms with van der Waals surface area (Å²) in [4.78, 5) is 26.7. The number of hydrogen-bond donors (Lipinski definition) is 0. The fourth-order valence-electron chi connectivity index (χ4n) is 3.29. The third kappa shape index (κ3) is 7.72. The van der Waals surface area contributed by atoms with E-state index in [1.54, 1.807) is 6.08 Å². The van der Waals surface area contributed by atoms with Gasteiger partial charge in [0.25, 0.3) is 5.91 Å². The lowest BCUT2D eigenvalue weighted by Crippen LogP contribution is -2.29. The van der Waals surface area contributed by atoms with E-state index >= 15 is 0 Å². The molecule has 1 aliphatic rings. The first-order valence-electron chi connectivity index (χ1n) is 11.5. The number of carbonyl (C=O) groups excluding carboxylic acids is 2. The third-order valence-corrected chi connectivity index (χ3v) is 6.76. The van der Waals surface area contributed by atoms with Gasteiger partial charge < -0.3 is 14.2 Å². The number of ether oxygens (including phenoxy) is 3. The summed E-state index contributed by atoms with van der Waals surface area (Å²) < 4.78 is 17.3. The molecule has 0 N–H and O–H groups in total. The molecule has 0 saturated carbocycles. The summed E-state index contributed by atoms with van der Waals surface area (Å²) in [5.74, 6) is 0.743. The van der Waals surface area contributed by atoms with Crippen molar-refractivity contribution in [3.05, 3.63) is 63.5 Å². The number of esters is 1. The number of nitrogens with zero attached hydrogens (tertiary/aromatic N) is 1. The highest BCUT2D eigenvalue weighted by Crippen LogP contribution is 2.35. The molecule has 35 heavy (non-hydrogen) atoms. The van der Waals surface area contributed by atoms with Crippen molar-refractivity contribution in [3.63, 3.8) is 0 Å². The molecule has 0 aliphatic carbocycles. The first-order chi connectivity index (χ1) is 16.9. The molecule has 1 heterocycles. The van der Waals surface area contributed by atoms with Crippen LogP contribution in [0.25, 0.3) is 6.08 Å². The van der Waals surface area contributed by atoms with Crippen LogP contribution in [-0.2, 0) is 20.9 Å². The lowest BCUT2D eigenvalue weighted by atomic mass is 10.1. The maximum atomic E-state index is 12.9. The van der Waals surface area contributed by atoms with Crippen LogP contribution in [0.3, 0.4) is 0 Å². The van der Waals surface area contributed by atoms with Gasteiger partial charge in [0.05, 0.1) is 18.1 Å². The van der Waals surface area contributed by atoms with Gasteiger partial charge in [-0.15, -0.1) is 0 Å². The Morgan fingerprint density at radius 3 is 2.69 bits per heavy atom. The van der Waals surface area contributed by atoms with E-state index in [2.05, 4.69) is 0 Å². The van der Waals surface area contributed by atoms with Gasteiger partial charge in [-0.25, -0.2) is 0 Å². The quantitative estimate of drug-likeness (QED) is 0.181. The summed E-state index contributed by atoms with van der Waals surface area (Å²) in [5, 5.41) is 0.641. The van der Waals surface area contributed by atoms with Crippen molar-refractivity contribution in [1.82, 2.24) is 4.90 Å². The van der Waals surface area contributed by atoms with Crippen LogP contribution in [-0.4, -0.2) is 40.9 Å². The Labute approximate surface area is 220 Å². The van der Waals surface area contributed by atoms with Gasteiger partial charge in [-0.2, -0.15) is 0 Å². The van der Waals surface area contributed by atoms with Crippen LogP contribution in [0.15, 0.2) is 47.4 Å². The van der Waals surface area contributed by atoms with Gasteiger partial charge in [0.15, 0.2) is 11.5 Å². The highest BCUT2D eigenvalue weighted by Gasteiger charge is 2.31. The van der Waals surface area contributed by atoms with Crippen molar-refractivity contribution in [3.8, 4) is 11.5 Å². The largest absolute Gasteiger partial charge is 0.490 e. The van der Waals surface area contributed by atoms with Gasteiger partial charge in [0, 0.05) is 23.6 Å². The number of rotatable bonds is 12. The molecule has 2 aromatic carbocycles. The van der Waals surface area contributed by atoms with E-state index in [0.29, 0.717) is 58.5 Å². The van der Waals surface area contributed by atoms with Gasteiger partial charge in [-0.1, -0.05) is 66.8 Å². The molecule has 6 nitrogen and oxygen atoms in total. The highest BCUT2D eigenvalue weighted by atomic mass is 35.5. The molecule has 0 unspecified atom stereocenters. The second-order valence-electron chi connectivity index (χ2n) is 7.68. The van der Waals surface area contributed by atoms with Gasteiger partial charge in [0.1, 0.15) is 10.9 Å². The van der Waals surface area contributed by atoms with Gasteiger partial charge in [-0.05, 0) is 49.6 Å². The minimum atomic E-state index is -0.256. The molecule has 3 rings (SSSR count). The van der Waals surface area contributed by atoms with E-state index in [1.165, 1.54) is 16.7 Å². The van der Waals surface area contributed by atoms with E-state index < -0.39 is 0 Å². The SMILES string of the molecule is CCCOC(=O)CCCN1C(=O)/C(=C/c2ccc(OCc3ccccc3Cl)c(OCC)c2)SC1=S. The molecule has 0 bridgehead atoms. The van der Waals surface area contributed by atoms with Crippen molar-refractivity contribution in [2.24, 2.45) is 0 Å². The van der Waals surface area contributed by atoms with Crippen molar-refractivity contribution in [1.29, 1.82) is 0 Å². The molecule has 0 spiro atoms. The summed E-state index contributed by atoms with van der Waals surface area (Å²) in [5.41, 5.74) is 1.67. The summed E-state index contributed by atoms with van der Waals surface area (Å²) in [6.07, 6.45) is 3.32. The predicted octanol–water partition coefficient (Wildman–Crippen LogP) is 6.25. The number of halogens is 1. The zero-order valence-electron chi connectivity index (χ0n) is 19.8. The van der Waals surface area contributed by atoms with Crippen molar-refractivity contribution >= 4 is 57.9 Å². The zero-order valence-corrected chi connectivity index (χ0v) is 22.1. The minimum absolute atomic E-state index is 0.168. The third-order valence-electron chi connectivity index (χ3n) is 5.01. The second-order valence-corrected chi connectivity index (χ2v) is 9.76. The first-order valence-corrected chi connectivity index (χ1v) is 13.1. The molecular formula is C26H28ClNO5S2. The smallest absolute Gasteiger partial charge is 0.305 e. The maximum absolute atomic E-state index is 12.9. The Kier molecular flexibility index (Phi) is 10.4. The normalized spacial score (nSPS) is 14.5. The van der Waals surface area contributed by atoms with Crippen LogP contribution in [0.5, 0.6) is 11.5 Å². The average Bonchev–Trinajstić information content (AvgIpc) is 3.10. The molecule has 1 amide bonds. The van der Waals surface area contributed by atoms with Crippen LogP contribution >= 0.6 is 35.6 Å². The monoisotopic (exact) mass is 533 g/mol. The molecule has 2 aromatic rings. The van der Waals surface area contributed by atoms with Gasteiger partial charge in [0.2, 0.25) is 0 Å². The topological polar surface area (TPSA) is 65.1 Å². The standard InChI is InChI=1S/C26H28ClNO5S2/c1-3-14-32-24(29)10-7-13-28-25(30)23(35-26(28)34)16-18-11-12-21(22(15-18)31-4-2)33-17-19-8-5-6-9-20(19)27/h5-6,8-9,11-12,15-16H,3-4,7,10,13-14,17H2,1-2H3/b23-16-. The first kappa shape index (κ1) is 27.0. The number of carbonyl (C=O) groups is 2. The van der Waals surface area contributed by atoms with Crippen molar-refractivity contribution in [2.45, 2.75) is 39.7 Å². The van der Waals surface area contributed by atoms with Crippen LogP contribution in [0.1, 0.15) is 44.2 Å². The maximum Gasteiger partial charge on any atom is 0.305 e. The fourth-order valence-corrected chi connectivity index (χ4v) is 4.79. The van der Waals surface area contributed by atoms with Crippen LogP contribution < -0.4 is 9.47 Å². The molecule has 0 atom stereocenters. The van der Waals surface area contributed by atoms with Crippen LogP contribution in [0.2, 0.25) is 5.02 Å². The van der Waals surface area contributed by atoms with Crippen LogP contribution in [0.4, 0.5) is 0 Å². The molecule has 0 radical (unpaired) electrons. The van der Waals surface area contributed by atoms with E-state index in [1.807, 2.05) is 56.3 Å². The molecule has 9 heteroatoms. The van der Waals surface area contributed by atoms with E-state index in [9.17, 15) is 9.59 Å². The van der Waals surface area contributed by atoms with Crippen molar-refractivity contribution in [2.75, 3.05) is 19.8 Å². The Hall–Kier alpha value is -2.55. The lowest BCUT2D eigenvalue weighted by molar-refractivity contribution is -0.144. The summed E-state index contributed by atoms with van der Waals surface area (Å²) in [7, 11) is 0. The summed E-state index contributed by atoms with van der Waals surface area (Å²) >= 11 is 12.9. The lowest BCUT2D eigenvalue weighted by Gasteiger charge is -2.14. The Bertz CT molecular complexity index is 1100. The molecule has 186 valence electrons. The fraction of sp³-hybridized carbons (Fsp3) is 0.346. The Morgan fingerprint density at radius 1 is 1.14 bits per heavy atom. The number of thioether (sulfide) groups is 1. The molecule has 1 saturated heterocycles. The Balaban J connectivity index is 1.66. The van der Waals surface area contributed by atoms with E-state index in [-0.39, 0.29) is 18.3 Å². The average molecular weight is 534 g/mol. The van der Waals surface area contributed by atoms with E-state index in [4.69, 9.17) is 38.0 Å². The molecular weight excluding hydrogens is 506 g/mol. The second kappa shape index (κ2) is 13.5. The Morgan fingerprint density at radius 2 is 1.94 bits per heavy atom. The van der Waals surface area contributed by atoms with Crippen molar-refractivity contribution < 1.29 is 23.8 Å². The highest BCUT2D eigenvalue weighted by molar-refractivity contribution is 8.26. The zero-order chi connectivity index (χ0) is 25.2. The van der Waals surface area contributed by atoms with Gasteiger partial charge >= 0.3 is 5.97 Å². The molecule has 1 fully saturated rings. The summed E-state index contributed by atoms with van der Waals surface area (Å²) in [6, 6.07) is 13.0. The number of hydrogen-bond acceptors (Lipinski definition) is 7. The van der Waals surface area contributed by atoms with Crippen LogP contribution in [0, 0.1) is 0 Å². The molecule has 1 aliphatic heterocycles. The number of thiocarbonyl (C=S) groups is 1. The number of benzene rings is 2. The summed E-state index contributed by atoms with van der Waals surface area (Å²) in [6.45, 7) is 5.41. The predicted molar refractivity (Wildman–Crippen MR) is 144 cm³/mol. The van der Waals surface area contributed by atoms with Gasteiger partial charge in [-0.3, -0.25) is 14.5 Å². The number of amides is 1. The van der Waals surface area contributed by atoms with E-state index in [0.717, 1.165) is 17.5 Å².